The smallest absolute Gasteiger partial charge is 0.00484 e. The molecule has 0 bridgehead atoms. The molecule has 1 N–H and O–H groups in total. The minimum absolute atomic E-state index is 1.25. The van der Waals surface area contributed by atoms with Crippen molar-refractivity contribution in [2.24, 2.45) is 0 Å². The normalized spacial score (nSPS) is 23.1. The highest BCUT2D eigenvalue weighted by atomic mass is 14.9. The van der Waals surface area contributed by atoms with Crippen LogP contribution in [0.1, 0.15) is 77.0 Å². The minimum Gasteiger partial charge on any atom is -0.317 e. The van der Waals surface area contributed by atoms with Crippen LogP contribution in [-0.4, -0.2) is 13.1 Å². The van der Waals surface area contributed by atoms with Crippen LogP contribution in [0.5, 0.6) is 0 Å². The Morgan fingerprint density at radius 2 is 0.882 bits per heavy atom. The fourth-order valence-electron chi connectivity index (χ4n) is 2.45. The molecule has 1 fully saturated rings. The first-order valence-corrected chi connectivity index (χ1v) is 7.86. The lowest BCUT2D eigenvalue weighted by Gasteiger charge is -2.02. The van der Waals surface area contributed by atoms with E-state index in [9.17, 15) is 0 Å². The zero-order chi connectivity index (χ0) is 12.0. The predicted octanol–water partition coefficient (Wildman–Crippen LogP) is 4.83. The molecule has 0 amide bonds. The Morgan fingerprint density at radius 3 is 1.24 bits per heavy atom. The summed E-state index contributed by atoms with van der Waals surface area (Å²) in [6, 6.07) is 0. The van der Waals surface area contributed by atoms with Gasteiger partial charge in [-0.3, -0.25) is 0 Å². The van der Waals surface area contributed by atoms with Crippen LogP contribution < -0.4 is 5.32 Å². The highest BCUT2D eigenvalue weighted by Crippen LogP contribution is 2.12. The SMILES string of the molecule is C1=CCCCCCCCCCC1.C1CCNC1. The van der Waals surface area contributed by atoms with E-state index < -0.39 is 0 Å². The second-order valence-electron chi connectivity index (χ2n) is 5.33. The number of nitrogens with one attached hydrogen (secondary N) is 1. The molecule has 0 aromatic rings. The Morgan fingerprint density at radius 1 is 0.471 bits per heavy atom. The van der Waals surface area contributed by atoms with Crippen molar-refractivity contribution in [2.45, 2.75) is 77.0 Å². The Bertz CT molecular complexity index is 149. The highest BCUT2D eigenvalue weighted by Gasteiger charge is 1.93. The van der Waals surface area contributed by atoms with Crippen molar-refractivity contribution in [3.63, 3.8) is 0 Å². The third-order valence-electron chi connectivity index (χ3n) is 3.62. The number of rotatable bonds is 0. The molecule has 1 aliphatic carbocycles. The summed E-state index contributed by atoms with van der Waals surface area (Å²) in [7, 11) is 0. The fourth-order valence-corrected chi connectivity index (χ4v) is 2.45. The van der Waals surface area contributed by atoms with E-state index in [0.29, 0.717) is 0 Å². The summed E-state index contributed by atoms with van der Waals surface area (Å²) < 4.78 is 0. The average Bonchev–Trinajstić information content (AvgIpc) is 2.88. The summed E-state index contributed by atoms with van der Waals surface area (Å²) in [6.07, 6.45) is 21.8. The van der Waals surface area contributed by atoms with Gasteiger partial charge in [0.1, 0.15) is 0 Å². The summed E-state index contributed by atoms with van der Waals surface area (Å²) in [4.78, 5) is 0. The van der Waals surface area contributed by atoms with E-state index in [1.807, 2.05) is 0 Å². The molecule has 2 rings (SSSR count). The van der Waals surface area contributed by atoms with Gasteiger partial charge in [0.25, 0.3) is 0 Å². The van der Waals surface area contributed by atoms with E-state index in [2.05, 4.69) is 17.5 Å². The Labute approximate surface area is 108 Å². The van der Waals surface area contributed by atoms with Gasteiger partial charge in [-0.25, -0.2) is 0 Å². The Hall–Kier alpha value is -0.300. The maximum atomic E-state index is 3.22. The van der Waals surface area contributed by atoms with Gasteiger partial charge in [-0.15, -0.1) is 0 Å². The fraction of sp³-hybridized carbons (Fsp3) is 0.875. The first-order valence-electron chi connectivity index (χ1n) is 7.86. The second-order valence-corrected chi connectivity index (χ2v) is 5.33. The van der Waals surface area contributed by atoms with Crippen molar-refractivity contribution in [1.29, 1.82) is 0 Å². The van der Waals surface area contributed by atoms with E-state index >= 15 is 0 Å². The number of hydrogen-bond donors (Lipinski definition) is 1. The van der Waals surface area contributed by atoms with Crippen LogP contribution in [0.2, 0.25) is 0 Å². The van der Waals surface area contributed by atoms with Crippen molar-refractivity contribution in [1.82, 2.24) is 5.32 Å². The summed E-state index contributed by atoms with van der Waals surface area (Å²) in [6.45, 7) is 2.50. The van der Waals surface area contributed by atoms with Gasteiger partial charge in [-0.1, -0.05) is 50.7 Å². The van der Waals surface area contributed by atoms with E-state index in [1.165, 1.54) is 90.1 Å². The predicted molar refractivity (Wildman–Crippen MR) is 77.4 cm³/mol. The maximum absolute atomic E-state index is 3.22. The van der Waals surface area contributed by atoms with E-state index in [0.717, 1.165) is 0 Å². The molecule has 0 unspecified atom stereocenters. The molecular formula is C16H31N. The molecule has 1 heterocycles. The van der Waals surface area contributed by atoms with Crippen LogP contribution in [0.25, 0.3) is 0 Å². The van der Waals surface area contributed by atoms with Gasteiger partial charge in [0.05, 0.1) is 0 Å². The van der Waals surface area contributed by atoms with E-state index in [1.54, 1.807) is 0 Å². The van der Waals surface area contributed by atoms with Crippen molar-refractivity contribution in [2.75, 3.05) is 13.1 Å². The molecule has 1 saturated heterocycles. The molecule has 0 radical (unpaired) electrons. The van der Waals surface area contributed by atoms with Crippen LogP contribution in [0.3, 0.4) is 0 Å². The average molecular weight is 237 g/mol. The summed E-state index contributed by atoms with van der Waals surface area (Å²) >= 11 is 0. The zero-order valence-electron chi connectivity index (χ0n) is 11.6. The molecule has 0 spiro atoms. The van der Waals surface area contributed by atoms with Crippen LogP contribution in [-0.2, 0) is 0 Å². The molecule has 0 saturated carbocycles. The first kappa shape index (κ1) is 14.8. The van der Waals surface area contributed by atoms with Gasteiger partial charge in [0.2, 0.25) is 0 Å². The second kappa shape index (κ2) is 12.2. The zero-order valence-corrected chi connectivity index (χ0v) is 11.6. The van der Waals surface area contributed by atoms with Gasteiger partial charge in [0, 0.05) is 0 Å². The molecule has 1 aliphatic heterocycles. The lowest BCUT2D eigenvalue weighted by atomic mass is 10.0. The molecule has 100 valence electrons. The molecule has 0 atom stereocenters. The number of allylic oxidation sites excluding steroid dienone is 2. The van der Waals surface area contributed by atoms with E-state index in [4.69, 9.17) is 0 Å². The quantitative estimate of drug-likeness (QED) is 0.595. The monoisotopic (exact) mass is 237 g/mol. The summed E-state index contributed by atoms with van der Waals surface area (Å²) in [5, 5.41) is 3.22. The third-order valence-corrected chi connectivity index (χ3v) is 3.62. The summed E-state index contributed by atoms with van der Waals surface area (Å²) in [5.41, 5.74) is 0. The van der Waals surface area contributed by atoms with Crippen LogP contribution in [0, 0.1) is 0 Å². The third kappa shape index (κ3) is 10.6. The molecule has 1 heteroatoms. The topological polar surface area (TPSA) is 12.0 Å². The van der Waals surface area contributed by atoms with Gasteiger partial charge in [-0.2, -0.15) is 0 Å². The largest absolute Gasteiger partial charge is 0.317 e. The van der Waals surface area contributed by atoms with Crippen LogP contribution >= 0.6 is 0 Å². The Kier molecular flexibility index (Phi) is 10.6. The first-order chi connectivity index (χ1) is 8.50. The van der Waals surface area contributed by atoms with Crippen molar-refractivity contribution < 1.29 is 0 Å². The van der Waals surface area contributed by atoms with Crippen molar-refractivity contribution >= 4 is 0 Å². The van der Waals surface area contributed by atoms with Crippen LogP contribution in [0.15, 0.2) is 12.2 Å². The highest BCUT2D eigenvalue weighted by molar-refractivity contribution is 4.81. The van der Waals surface area contributed by atoms with Gasteiger partial charge in [-0.05, 0) is 51.6 Å². The molecule has 2 aliphatic rings. The van der Waals surface area contributed by atoms with Crippen molar-refractivity contribution in [3.8, 4) is 0 Å². The maximum Gasteiger partial charge on any atom is -0.00484 e. The van der Waals surface area contributed by atoms with Crippen LogP contribution in [0.4, 0.5) is 0 Å². The van der Waals surface area contributed by atoms with Gasteiger partial charge in [0.15, 0.2) is 0 Å². The lowest BCUT2D eigenvalue weighted by molar-refractivity contribution is 0.566. The lowest BCUT2D eigenvalue weighted by Crippen LogP contribution is -2.03. The molecule has 17 heavy (non-hydrogen) atoms. The van der Waals surface area contributed by atoms with Gasteiger partial charge < -0.3 is 5.32 Å². The number of hydrogen-bond acceptors (Lipinski definition) is 1. The van der Waals surface area contributed by atoms with Crippen molar-refractivity contribution in [3.05, 3.63) is 12.2 Å². The minimum atomic E-state index is 1.25. The van der Waals surface area contributed by atoms with E-state index in [-0.39, 0.29) is 0 Å². The Balaban J connectivity index is 0.000000239. The summed E-state index contributed by atoms with van der Waals surface area (Å²) in [5.74, 6) is 0. The standard InChI is InChI=1S/C12H22.C4H9N/c1-2-4-6-8-10-12-11-9-7-5-3-1;1-2-4-5-3-1/h1-2H,3-12H2;5H,1-4H2. The molecular weight excluding hydrogens is 206 g/mol. The molecule has 0 aromatic carbocycles. The molecule has 1 nitrogen and oxygen atoms in total. The van der Waals surface area contributed by atoms with Gasteiger partial charge >= 0.3 is 0 Å². The molecule has 0 aromatic heterocycles.